The van der Waals surface area contributed by atoms with Crippen molar-refractivity contribution in [2.45, 2.75) is 19.0 Å². The Morgan fingerprint density at radius 3 is 2.61 bits per heavy atom. The minimum atomic E-state index is -4.48. The van der Waals surface area contributed by atoms with Crippen LogP contribution in [-0.4, -0.2) is 53.7 Å². The van der Waals surface area contributed by atoms with Gasteiger partial charge in [0.05, 0.1) is 35.7 Å². The number of rotatable bonds is 6. The Morgan fingerprint density at radius 2 is 1.83 bits per heavy atom. The SMILES string of the molecule is COc1cc2c(Oc3ccc4c(C(F)(F)F)ccnc4c3)ncnc2cc1OC[C@@H]1CCCN(C)C1. The van der Waals surface area contributed by atoms with Crippen LogP contribution in [0.15, 0.2) is 48.9 Å². The standard InChI is InChI=1S/C26H25F3N4O3/c1-33-9-3-4-16(13-33)14-35-24-12-22-19(11-23(24)34-2)25(32-15-31-22)36-17-5-6-18-20(26(27,28)29)7-8-30-21(18)10-17/h5-8,10-12,15-16H,3-4,9,13-14H2,1-2H3/t16-/m1/s1. The first-order chi connectivity index (χ1) is 17.3. The highest BCUT2D eigenvalue weighted by Crippen LogP contribution is 2.38. The van der Waals surface area contributed by atoms with E-state index < -0.39 is 11.7 Å². The lowest BCUT2D eigenvalue weighted by molar-refractivity contribution is -0.136. The summed E-state index contributed by atoms with van der Waals surface area (Å²) in [6, 6.07) is 8.75. The molecule has 0 spiro atoms. The predicted octanol–water partition coefficient (Wildman–Crippen LogP) is 5.72. The van der Waals surface area contributed by atoms with Gasteiger partial charge in [-0.2, -0.15) is 13.2 Å². The second-order valence-corrected chi connectivity index (χ2v) is 8.92. The average Bonchev–Trinajstić information content (AvgIpc) is 2.86. The van der Waals surface area contributed by atoms with Crippen molar-refractivity contribution in [1.29, 1.82) is 0 Å². The highest BCUT2D eigenvalue weighted by atomic mass is 19.4. The van der Waals surface area contributed by atoms with E-state index in [-0.39, 0.29) is 16.8 Å². The summed E-state index contributed by atoms with van der Waals surface area (Å²) in [5, 5.41) is 0.578. The van der Waals surface area contributed by atoms with Gasteiger partial charge in [0.2, 0.25) is 5.88 Å². The molecule has 0 unspecified atom stereocenters. The first-order valence-electron chi connectivity index (χ1n) is 11.6. The maximum atomic E-state index is 13.3. The van der Waals surface area contributed by atoms with Crippen molar-refractivity contribution in [3.05, 3.63) is 54.5 Å². The maximum Gasteiger partial charge on any atom is 0.417 e. The molecular weight excluding hydrogens is 473 g/mol. The highest BCUT2D eigenvalue weighted by molar-refractivity contribution is 5.87. The van der Waals surface area contributed by atoms with E-state index in [0.717, 1.165) is 38.2 Å². The zero-order chi connectivity index (χ0) is 25.3. The predicted molar refractivity (Wildman–Crippen MR) is 129 cm³/mol. The van der Waals surface area contributed by atoms with Crippen LogP contribution >= 0.6 is 0 Å². The van der Waals surface area contributed by atoms with E-state index in [4.69, 9.17) is 14.2 Å². The molecule has 2 aromatic carbocycles. The molecule has 1 aliphatic rings. The van der Waals surface area contributed by atoms with Crippen LogP contribution in [0.2, 0.25) is 0 Å². The molecule has 0 bridgehead atoms. The summed E-state index contributed by atoms with van der Waals surface area (Å²) >= 11 is 0. The highest BCUT2D eigenvalue weighted by Gasteiger charge is 2.32. The molecule has 0 N–H and O–H groups in total. The summed E-state index contributed by atoms with van der Waals surface area (Å²) < 4.78 is 57.6. The van der Waals surface area contributed by atoms with Crippen LogP contribution in [0.25, 0.3) is 21.8 Å². The fraction of sp³-hybridized carbons (Fsp3) is 0.346. The number of hydrogen-bond acceptors (Lipinski definition) is 7. The van der Waals surface area contributed by atoms with Gasteiger partial charge in [-0.25, -0.2) is 9.97 Å². The molecule has 2 aromatic heterocycles. The lowest BCUT2D eigenvalue weighted by Crippen LogP contribution is -2.34. The number of hydrogen-bond donors (Lipinski definition) is 0. The Bertz CT molecular complexity index is 1400. The van der Waals surface area contributed by atoms with Gasteiger partial charge in [-0.15, -0.1) is 0 Å². The number of methoxy groups -OCH3 is 1. The van der Waals surface area contributed by atoms with Crippen molar-refractivity contribution in [2.75, 3.05) is 33.9 Å². The minimum Gasteiger partial charge on any atom is -0.493 e. The van der Waals surface area contributed by atoms with Gasteiger partial charge in [0.25, 0.3) is 0 Å². The normalized spacial score (nSPS) is 16.9. The summed E-state index contributed by atoms with van der Waals surface area (Å²) in [5.41, 5.74) is 0.0146. The molecule has 0 aliphatic carbocycles. The van der Waals surface area contributed by atoms with E-state index in [0.29, 0.717) is 40.7 Å². The van der Waals surface area contributed by atoms with E-state index in [1.807, 2.05) is 0 Å². The zero-order valence-corrected chi connectivity index (χ0v) is 19.9. The first-order valence-corrected chi connectivity index (χ1v) is 11.6. The van der Waals surface area contributed by atoms with E-state index in [9.17, 15) is 13.2 Å². The minimum absolute atomic E-state index is 0.00230. The zero-order valence-electron chi connectivity index (χ0n) is 19.9. The van der Waals surface area contributed by atoms with Crippen LogP contribution in [0.4, 0.5) is 13.2 Å². The number of pyridine rings is 1. The van der Waals surface area contributed by atoms with E-state index in [1.165, 1.54) is 24.5 Å². The first kappa shape index (κ1) is 24.1. The molecule has 7 nitrogen and oxygen atoms in total. The van der Waals surface area contributed by atoms with Crippen LogP contribution in [-0.2, 0) is 6.18 Å². The van der Waals surface area contributed by atoms with E-state index >= 15 is 0 Å². The topological polar surface area (TPSA) is 69.6 Å². The maximum absolute atomic E-state index is 13.3. The van der Waals surface area contributed by atoms with Crippen molar-refractivity contribution in [2.24, 2.45) is 5.92 Å². The van der Waals surface area contributed by atoms with Crippen molar-refractivity contribution in [3.8, 4) is 23.1 Å². The lowest BCUT2D eigenvalue weighted by Gasteiger charge is -2.29. The van der Waals surface area contributed by atoms with E-state index in [1.54, 1.807) is 19.2 Å². The second-order valence-electron chi connectivity index (χ2n) is 8.92. The monoisotopic (exact) mass is 498 g/mol. The molecule has 1 aliphatic heterocycles. The number of likely N-dealkylation sites (tertiary alicyclic amines) is 1. The van der Waals surface area contributed by atoms with Crippen molar-refractivity contribution < 1.29 is 27.4 Å². The van der Waals surface area contributed by atoms with Gasteiger partial charge in [-0.05, 0) is 50.7 Å². The van der Waals surface area contributed by atoms with Crippen LogP contribution < -0.4 is 14.2 Å². The van der Waals surface area contributed by atoms with Crippen molar-refractivity contribution >= 4 is 21.8 Å². The molecule has 0 amide bonds. The Morgan fingerprint density at radius 1 is 1.00 bits per heavy atom. The second kappa shape index (κ2) is 9.77. The van der Waals surface area contributed by atoms with Gasteiger partial charge >= 0.3 is 6.18 Å². The molecule has 1 fully saturated rings. The van der Waals surface area contributed by atoms with Gasteiger partial charge in [0.15, 0.2) is 11.5 Å². The fourth-order valence-corrected chi connectivity index (χ4v) is 4.56. The molecule has 0 radical (unpaired) electrons. The Labute approximate surface area is 205 Å². The van der Waals surface area contributed by atoms with Gasteiger partial charge in [0.1, 0.15) is 12.1 Å². The largest absolute Gasteiger partial charge is 0.493 e. The third-order valence-electron chi connectivity index (χ3n) is 6.31. The van der Waals surface area contributed by atoms with Crippen molar-refractivity contribution in [3.63, 3.8) is 0 Å². The summed E-state index contributed by atoms with van der Waals surface area (Å²) in [5.74, 6) is 2.08. The third-order valence-corrected chi connectivity index (χ3v) is 6.31. The van der Waals surface area contributed by atoms with Crippen molar-refractivity contribution in [1.82, 2.24) is 19.9 Å². The average molecular weight is 499 g/mol. The van der Waals surface area contributed by atoms with Crippen LogP contribution in [0.1, 0.15) is 18.4 Å². The summed E-state index contributed by atoms with van der Waals surface area (Å²) in [4.78, 5) is 15.0. The number of benzene rings is 2. The van der Waals surface area contributed by atoms with Gasteiger partial charge < -0.3 is 19.1 Å². The molecule has 5 rings (SSSR count). The van der Waals surface area contributed by atoms with Gasteiger partial charge in [-0.1, -0.05) is 0 Å². The number of nitrogens with zero attached hydrogens (tertiary/aromatic N) is 4. The molecule has 188 valence electrons. The quantitative estimate of drug-likeness (QED) is 0.337. The fourth-order valence-electron chi connectivity index (χ4n) is 4.56. The molecule has 4 aromatic rings. The molecule has 1 atom stereocenters. The number of aromatic nitrogens is 3. The van der Waals surface area contributed by atoms with Gasteiger partial charge in [-0.3, -0.25) is 4.98 Å². The number of fused-ring (bicyclic) bond motifs is 2. The molecule has 1 saturated heterocycles. The lowest BCUT2D eigenvalue weighted by atomic mass is 9.99. The van der Waals surface area contributed by atoms with Crippen LogP contribution in [0.5, 0.6) is 23.1 Å². The molecule has 3 heterocycles. The molecule has 36 heavy (non-hydrogen) atoms. The molecule has 10 heteroatoms. The summed E-state index contributed by atoms with van der Waals surface area (Å²) in [6.45, 7) is 2.66. The Kier molecular flexibility index (Phi) is 6.53. The van der Waals surface area contributed by atoms with Crippen LogP contribution in [0, 0.1) is 5.92 Å². The number of alkyl halides is 3. The summed E-state index contributed by atoms with van der Waals surface area (Å²) in [7, 11) is 3.67. The van der Waals surface area contributed by atoms with Crippen LogP contribution in [0.3, 0.4) is 0 Å². The number of ether oxygens (including phenoxy) is 3. The molecular formula is C26H25F3N4O3. The molecule has 0 saturated carbocycles. The smallest absolute Gasteiger partial charge is 0.417 e. The number of piperidine rings is 1. The number of halogens is 3. The summed E-state index contributed by atoms with van der Waals surface area (Å²) in [6.07, 6.45) is 0.286. The Hall–Kier alpha value is -3.66. The van der Waals surface area contributed by atoms with Gasteiger partial charge in [0, 0.05) is 36.2 Å². The Balaban J connectivity index is 1.42. The third kappa shape index (κ3) is 4.99. The van der Waals surface area contributed by atoms with E-state index in [2.05, 4.69) is 26.9 Å².